The summed E-state index contributed by atoms with van der Waals surface area (Å²) in [5.41, 5.74) is 3.66. The number of aromatic hydroxyl groups is 1. The summed E-state index contributed by atoms with van der Waals surface area (Å²) in [4.78, 5) is 14.5. The molecule has 5 nitrogen and oxygen atoms in total. The number of rotatable bonds is 4. The number of benzene rings is 2. The highest BCUT2D eigenvalue weighted by Crippen LogP contribution is 2.40. The zero-order valence-corrected chi connectivity index (χ0v) is 16.9. The minimum absolute atomic E-state index is 0.0534. The number of carbonyl (C=O) groups excluding carboxylic acids is 1. The van der Waals surface area contributed by atoms with Crippen molar-refractivity contribution in [2.24, 2.45) is 0 Å². The maximum Gasteiger partial charge on any atom is 0.265 e. The standard InChI is InChI=1S/C21H19NO4S2/c1-2-28(25,26)15-9-10-18(23)17(12-15)22-21(24)19-11-14-8-7-13-5-3-4-6-16(13)20(14)27-19/h3-6,9-12,23H,2,7-8H2,1H3,(H,22,24). The van der Waals surface area contributed by atoms with Crippen LogP contribution in [0.2, 0.25) is 0 Å². The summed E-state index contributed by atoms with van der Waals surface area (Å²) in [6.45, 7) is 1.55. The quantitative estimate of drug-likeness (QED) is 0.626. The van der Waals surface area contributed by atoms with Crippen molar-refractivity contribution in [1.82, 2.24) is 0 Å². The first-order chi connectivity index (χ1) is 13.4. The van der Waals surface area contributed by atoms with Crippen molar-refractivity contribution in [3.63, 3.8) is 0 Å². The molecule has 1 aliphatic rings. The Morgan fingerprint density at radius 3 is 2.64 bits per heavy atom. The van der Waals surface area contributed by atoms with Crippen LogP contribution in [0.1, 0.15) is 27.7 Å². The Hall–Kier alpha value is -2.64. The van der Waals surface area contributed by atoms with Gasteiger partial charge in [0.25, 0.3) is 5.91 Å². The third-order valence-corrected chi connectivity index (χ3v) is 7.86. The first kappa shape index (κ1) is 18.7. The SMILES string of the molecule is CCS(=O)(=O)c1ccc(O)c(NC(=O)c2cc3c(s2)-c2ccccc2CC3)c1. The number of phenolic OH excluding ortho intramolecular Hbond substituents is 1. The van der Waals surface area contributed by atoms with Gasteiger partial charge in [-0.3, -0.25) is 4.79 Å². The monoisotopic (exact) mass is 413 g/mol. The Morgan fingerprint density at radius 2 is 1.86 bits per heavy atom. The van der Waals surface area contributed by atoms with E-state index in [4.69, 9.17) is 0 Å². The average Bonchev–Trinajstić information content (AvgIpc) is 3.14. The molecule has 0 saturated heterocycles. The van der Waals surface area contributed by atoms with Gasteiger partial charge < -0.3 is 10.4 Å². The van der Waals surface area contributed by atoms with Crippen LogP contribution < -0.4 is 5.32 Å². The Labute approximate surface area is 167 Å². The van der Waals surface area contributed by atoms with Crippen LogP contribution in [-0.2, 0) is 22.7 Å². The van der Waals surface area contributed by atoms with Gasteiger partial charge >= 0.3 is 0 Å². The second-order valence-corrected chi connectivity index (χ2v) is 9.99. The molecule has 1 amide bonds. The molecule has 0 radical (unpaired) electrons. The topological polar surface area (TPSA) is 83.5 Å². The Bertz CT molecular complexity index is 1180. The van der Waals surface area contributed by atoms with E-state index in [2.05, 4.69) is 17.4 Å². The number of fused-ring (bicyclic) bond motifs is 3. The van der Waals surface area contributed by atoms with Gasteiger partial charge in [-0.15, -0.1) is 11.3 Å². The highest BCUT2D eigenvalue weighted by Gasteiger charge is 2.22. The maximum absolute atomic E-state index is 12.8. The highest BCUT2D eigenvalue weighted by atomic mass is 32.2. The maximum atomic E-state index is 12.8. The van der Waals surface area contributed by atoms with E-state index >= 15 is 0 Å². The molecule has 2 aromatic carbocycles. The van der Waals surface area contributed by atoms with Crippen LogP contribution in [0, 0.1) is 0 Å². The summed E-state index contributed by atoms with van der Waals surface area (Å²) in [5, 5.41) is 12.7. The molecule has 0 fully saturated rings. The summed E-state index contributed by atoms with van der Waals surface area (Å²) in [6.07, 6.45) is 1.82. The number of amides is 1. The lowest BCUT2D eigenvalue weighted by Crippen LogP contribution is -2.11. The number of nitrogens with one attached hydrogen (secondary N) is 1. The molecule has 0 atom stereocenters. The van der Waals surface area contributed by atoms with E-state index < -0.39 is 9.84 Å². The van der Waals surface area contributed by atoms with Crippen LogP contribution in [0.5, 0.6) is 5.75 Å². The molecule has 7 heteroatoms. The van der Waals surface area contributed by atoms with Gasteiger partial charge in [-0.25, -0.2) is 8.42 Å². The smallest absolute Gasteiger partial charge is 0.265 e. The number of hydrogen-bond donors (Lipinski definition) is 2. The van der Waals surface area contributed by atoms with Gasteiger partial charge in [0.1, 0.15) is 5.75 Å². The number of carbonyl (C=O) groups is 1. The molecule has 2 N–H and O–H groups in total. The lowest BCUT2D eigenvalue weighted by molar-refractivity contribution is 0.103. The normalized spacial score (nSPS) is 12.9. The molecule has 4 rings (SSSR count). The molecule has 0 unspecified atom stereocenters. The van der Waals surface area contributed by atoms with Gasteiger partial charge in [0.05, 0.1) is 21.2 Å². The van der Waals surface area contributed by atoms with E-state index in [9.17, 15) is 18.3 Å². The minimum Gasteiger partial charge on any atom is -0.506 e. The lowest BCUT2D eigenvalue weighted by Gasteiger charge is -2.15. The highest BCUT2D eigenvalue weighted by molar-refractivity contribution is 7.91. The van der Waals surface area contributed by atoms with E-state index in [1.165, 1.54) is 35.1 Å². The summed E-state index contributed by atoms with van der Waals surface area (Å²) < 4.78 is 24.2. The largest absolute Gasteiger partial charge is 0.506 e. The van der Waals surface area contributed by atoms with E-state index in [0.717, 1.165) is 28.8 Å². The van der Waals surface area contributed by atoms with Crippen molar-refractivity contribution >= 4 is 32.8 Å². The third kappa shape index (κ3) is 3.31. The molecule has 0 bridgehead atoms. The Kier molecular flexibility index (Phi) is 4.72. The van der Waals surface area contributed by atoms with Gasteiger partial charge in [0.15, 0.2) is 9.84 Å². The molecule has 0 aliphatic heterocycles. The van der Waals surface area contributed by atoms with Crippen molar-refractivity contribution in [3.05, 3.63) is 64.5 Å². The average molecular weight is 414 g/mol. The number of aryl methyl sites for hydroxylation is 2. The van der Waals surface area contributed by atoms with Crippen molar-refractivity contribution < 1.29 is 18.3 Å². The first-order valence-electron chi connectivity index (χ1n) is 8.97. The zero-order valence-electron chi connectivity index (χ0n) is 15.2. The number of phenols is 1. The Balaban J connectivity index is 1.65. The molecule has 0 saturated carbocycles. The zero-order chi connectivity index (χ0) is 19.9. The molecular formula is C21H19NO4S2. The van der Waals surface area contributed by atoms with Crippen LogP contribution in [-0.4, -0.2) is 25.2 Å². The fourth-order valence-corrected chi connectivity index (χ4v) is 5.41. The van der Waals surface area contributed by atoms with Gasteiger partial charge in [0.2, 0.25) is 0 Å². The molecule has 28 heavy (non-hydrogen) atoms. The number of anilines is 1. The van der Waals surface area contributed by atoms with Crippen molar-refractivity contribution in [1.29, 1.82) is 0 Å². The summed E-state index contributed by atoms with van der Waals surface area (Å²) in [6, 6.07) is 14.0. The van der Waals surface area contributed by atoms with Gasteiger partial charge in [-0.2, -0.15) is 0 Å². The van der Waals surface area contributed by atoms with Gasteiger partial charge in [-0.1, -0.05) is 31.2 Å². The van der Waals surface area contributed by atoms with E-state index in [-0.39, 0.29) is 28.0 Å². The second-order valence-electron chi connectivity index (χ2n) is 6.66. The fourth-order valence-electron chi connectivity index (χ4n) is 3.34. The van der Waals surface area contributed by atoms with Crippen LogP contribution >= 0.6 is 11.3 Å². The molecule has 0 spiro atoms. The Morgan fingerprint density at radius 1 is 1.11 bits per heavy atom. The lowest BCUT2D eigenvalue weighted by atomic mass is 9.91. The molecule has 3 aromatic rings. The van der Waals surface area contributed by atoms with Crippen LogP contribution in [0.25, 0.3) is 10.4 Å². The predicted octanol–water partition coefficient (Wildman–Crippen LogP) is 4.27. The van der Waals surface area contributed by atoms with Crippen molar-refractivity contribution in [2.45, 2.75) is 24.7 Å². The molecule has 1 aromatic heterocycles. The number of hydrogen-bond acceptors (Lipinski definition) is 5. The summed E-state index contributed by atoms with van der Waals surface area (Å²) in [5.74, 6) is -0.587. The predicted molar refractivity (Wildman–Crippen MR) is 111 cm³/mol. The van der Waals surface area contributed by atoms with Crippen molar-refractivity contribution in [3.8, 4) is 16.2 Å². The fraction of sp³-hybridized carbons (Fsp3) is 0.190. The second kappa shape index (κ2) is 7.07. The van der Waals surface area contributed by atoms with Crippen molar-refractivity contribution in [2.75, 3.05) is 11.1 Å². The molecule has 1 aliphatic carbocycles. The van der Waals surface area contributed by atoms with Crippen LogP contribution in [0.4, 0.5) is 5.69 Å². The first-order valence-corrected chi connectivity index (χ1v) is 11.4. The van der Waals surface area contributed by atoms with Crippen LogP contribution in [0.3, 0.4) is 0 Å². The van der Waals surface area contributed by atoms with Gasteiger partial charge in [0, 0.05) is 4.88 Å². The minimum atomic E-state index is -3.43. The van der Waals surface area contributed by atoms with E-state index in [1.54, 1.807) is 6.92 Å². The molecule has 1 heterocycles. The van der Waals surface area contributed by atoms with E-state index in [1.807, 2.05) is 18.2 Å². The van der Waals surface area contributed by atoms with Crippen LogP contribution in [0.15, 0.2) is 53.4 Å². The summed E-state index contributed by atoms with van der Waals surface area (Å²) in [7, 11) is -3.43. The third-order valence-electron chi connectivity index (χ3n) is 4.91. The number of thiophene rings is 1. The van der Waals surface area contributed by atoms with E-state index in [0.29, 0.717) is 4.88 Å². The molecular weight excluding hydrogens is 394 g/mol. The van der Waals surface area contributed by atoms with Gasteiger partial charge in [-0.05, 0) is 53.8 Å². The number of sulfone groups is 1. The molecule has 144 valence electrons. The summed E-state index contributed by atoms with van der Waals surface area (Å²) >= 11 is 1.41.